The van der Waals surface area contributed by atoms with Crippen LogP contribution in [0.25, 0.3) is 0 Å². The van der Waals surface area contributed by atoms with Gasteiger partial charge in [-0.2, -0.15) is 0 Å². The van der Waals surface area contributed by atoms with E-state index < -0.39 is 17.9 Å². The highest BCUT2D eigenvalue weighted by Gasteiger charge is 2.21. The van der Waals surface area contributed by atoms with Crippen molar-refractivity contribution in [1.29, 1.82) is 0 Å². The lowest BCUT2D eigenvalue weighted by Gasteiger charge is -2.13. The second-order valence-corrected chi connectivity index (χ2v) is 4.27. The number of carboxylic acids is 1. The van der Waals surface area contributed by atoms with E-state index in [-0.39, 0.29) is 15.9 Å². The maximum atomic E-state index is 11.8. The van der Waals surface area contributed by atoms with Gasteiger partial charge in [-0.15, -0.1) is 10.2 Å². The van der Waals surface area contributed by atoms with Gasteiger partial charge in [0.2, 0.25) is 0 Å². The SMILES string of the molecule is CCC[C@H](NC(=O)c1cc(Cl)nnc1Cl)C(=O)O. The quantitative estimate of drug-likeness (QED) is 0.862. The first kappa shape index (κ1) is 14.7. The largest absolute Gasteiger partial charge is 0.480 e. The van der Waals surface area contributed by atoms with Crippen molar-refractivity contribution in [1.82, 2.24) is 15.5 Å². The zero-order valence-electron chi connectivity index (χ0n) is 9.48. The number of carbonyl (C=O) groups is 2. The number of nitrogens with zero attached hydrogens (tertiary/aromatic N) is 2. The average molecular weight is 292 g/mol. The van der Waals surface area contributed by atoms with Crippen LogP contribution in [0.15, 0.2) is 6.07 Å². The number of aromatic nitrogens is 2. The number of hydrogen-bond donors (Lipinski definition) is 2. The molecule has 0 radical (unpaired) electrons. The van der Waals surface area contributed by atoms with E-state index in [0.717, 1.165) is 0 Å². The molecule has 0 aliphatic carbocycles. The van der Waals surface area contributed by atoms with E-state index in [2.05, 4.69) is 15.5 Å². The Morgan fingerprint density at radius 3 is 2.67 bits per heavy atom. The lowest BCUT2D eigenvalue weighted by Crippen LogP contribution is -2.40. The van der Waals surface area contributed by atoms with E-state index in [1.165, 1.54) is 6.07 Å². The molecule has 0 aromatic carbocycles. The number of carbonyl (C=O) groups excluding carboxylic acids is 1. The second kappa shape index (κ2) is 6.51. The van der Waals surface area contributed by atoms with Crippen molar-refractivity contribution in [2.75, 3.05) is 0 Å². The third-order valence-electron chi connectivity index (χ3n) is 2.14. The topological polar surface area (TPSA) is 92.2 Å². The number of aliphatic carboxylic acids is 1. The summed E-state index contributed by atoms with van der Waals surface area (Å²) in [7, 11) is 0. The highest BCUT2D eigenvalue weighted by atomic mass is 35.5. The Morgan fingerprint density at radius 1 is 1.44 bits per heavy atom. The lowest BCUT2D eigenvalue weighted by atomic mass is 10.1. The van der Waals surface area contributed by atoms with E-state index in [0.29, 0.717) is 12.8 Å². The van der Waals surface area contributed by atoms with Crippen molar-refractivity contribution < 1.29 is 14.7 Å². The van der Waals surface area contributed by atoms with Crippen LogP contribution in [0.2, 0.25) is 10.3 Å². The first-order valence-corrected chi connectivity index (χ1v) is 5.93. The number of carboxylic acid groups (broad SMARTS) is 1. The molecule has 98 valence electrons. The number of halogens is 2. The molecule has 1 rings (SSSR count). The summed E-state index contributed by atoms with van der Waals surface area (Å²) in [6.07, 6.45) is 0.950. The molecule has 0 saturated carbocycles. The van der Waals surface area contributed by atoms with E-state index >= 15 is 0 Å². The van der Waals surface area contributed by atoms with E-state index in [4.69, 9.17) is 28.3 Å². The third kappa shape index (κ3) is 3.82. The van der Waals surface area contributed by atoms with E-state index in [1.54, 1.807) is 0 Å². The van der Waals surface area contributed by atoms with Crippen molar-refractivity contribution in [2.24, 2.45) is 0 Å². The molecule has 0 unspecified atom stereocenters. The molecule has 6 nitrogen and oxygen atoms in total. The Morgan fingerprint density at radius 2 is 2.11 bits per heavy atom. The van der Waals surface area contributed by atoms with Gasteiger partial charge >= 0.3 is 5.97 Å². The molecule has 1 aromatic rings. The monoisotopic (exact) mass is 291 g/mol. The average Bonchev–Trinajstić information content (AvgIpc) is 2.31. The lowest BCUT2D eigenvalue weighted by molar-refractivity contribution is -0.139. The van der Waals surface area contributed by atoms with E-state index in [1.807, 2.05) is 6.92 Å². The Kier molecular flexibility index (Phi) is 5.30. The summed E-state index contributed by atoms with van der Waals surface area (Å²) in [6.45, 7) is 1.82. The van der Waals surface area contributed by atoms with E-state index in [9.17, 15) is 9.59 Å². The summed E-state index contributed by atoms with van der Waals surface area (Å²) < 4.78 is 0. The predicted octanol–water partition coefficient (Wildman–Crippen LogP) is 1.77. The fourth-order valence-corrected chi connectivity index (χ4v) is 1.62. The van der Waals surface area contributed by atoms with Gasteiger partial charge in [-0.25, -0.2) is 4.79 Å². The van der Waals surface area contributed by atoms with Gasteiger partial charge in [0.15, 0.2) is 10.3 Å². The fraction of sp³-hybridized carbons (Fsp3) is 0.400. The molecule has 0 saturated heterocycles. The Balaban J connectivity index is 2.86. The van der Waals surface area contributed by atoms with Crippen LogP contribution in [0, 0.1) is 0 Å². The van der Waals surface area contributed by atoms with Crippen molar-refractivity contribution in [3.63, 3.8) is 0 Å². The van der Waals surface area contributed by atoms with Gasteiger partial charge in [0, 0.05) is 0 Å². The summed E-state index contributed by atoms with van der Waals surface area (Å²) in [5.41, 5.74) is -0.000908. The normalized spacial score (nSPS) is 11.9. The third-order valence-corrected chi connectivity index (χ3v) is 2.61. The van der Waals surface area contributed by atoms with Crippen LogP contribution in [0.1, 0.15) is 30.1 Å². The molecular weight excluding hydrogens is 281 g/mol. The molecule has 0 spiro atoms. The maximum absolute atomic E-state index is 11.8. The van der Waals surface area contributed by atoms with Gasteiger partial charge in [0.05, 0.1) is 5.56 Å². The molecule has 0 fully saturated rings. The maximum Gasteiger partial charge on any atom is 0.326 e. The minimum Gasteiger partial charge on any atom is -0.480 e. The summed E-state index contributed by atoms with van der Waals surface area (Å²) in [5, 5.41) is 18.1. The standard InChI is InChI=1S/C10H11Cl2N3O3/c1-2-3-6(10(17)18)13-9(16)5-4-7(11)14-15-8(5)12/h4,6H,2-3H2,1H3,(H,13,16)(H,17,18)/t6-/m0/s1. The smallest absolute Gasteiger partial charge is 0.326 e. The molecule has 8 heteroatoms. The fourth-order valence-electron chi connectivity index (χ4n) is 1.29. The van der Waals surface area contributed by atoms with Crippen molar-refractivity contribution in [3.05, 3.63) is 21.9 Å². The van der Waals surface area contributed by atoms with Crippen LogP contribution in [0.5, 0.6) is 0 Å². The zero-order valence-corrected chi connectivity index (χ0v) is 11.0. The van der Waals surface area contributed by atoms with Gasteiger partial charge in [-0.1, -0.05) is 36.5 Å². The molecule has 1 heterocycles. The van der Waals surface area contributed by atoms with Gasteiger partial charge < -0.3 is 10.4 Å². The van der Waals surface area contributed by atoms with Gasteiger partial charge in [0.25, 0.3) is 5.91 Å². The van der Waals surface area contributed by atoms with Crippen LogP contribution in [-0.4, -0.2) is 33.2 Å². The highest BCUT2D eigenvalue weighted by molar-refractivity contribution is 6.34. The Hall–Kier alpha value is -1.40. The van der Waals surface area contributed by atoms with Crippen LogP contribution in [0.3, 0.4) is 0 Å². The van der Waals surface area contributed by atoms with Gasteiger partial charge in [-0.05, 0) is 12.5 Å². The molecular formula is C10H11Cl2N3O3. The van der Waals surface area contributed by atoms with Crippen LogP contribution in [0.4, 0.5) is 0 Å². The van der Waals surface area contributed by atoms with Crippen molar-refractivity contribution in [3.8, 4) is 0 Å². The Labute approximate surface area is 113 Å². The minimum atomic E-state index is -1.10. The van der Waals surface area contributed by atoms with Crippen molar-refractivity contribution in [2.45, 2.75) is 25.8 Å². The molecule has 18 heavy (non-hydrogen) atoms. The minimum absolute atomic E-state index is 0.000908. The van der Waals surface area contributed by atoms with Crippen LogP contribution < -0.4 is 5.32 Å². The Bertz CT molecular complexity index is 468. The van der Waals surface area contributed by atoms with Gasteiger partial charge in [0.1, 0.15) is 6.04 Å². The molecule has 1 amide bonds. The second-order valence-electron chi connectivity index (χ2n) is 3.52. The molecule has 0 aliphatic heterocycles. The molecule has 0 bridgehead atoms. The number of nitrogens with one attached hydrogen (secondary N) is 1. The summed E-state index contributed by atoms with van der Waals surface area (Å²) in [5.74, 6) is -1.74. The van der Waals surface area contributed by atoms with Crippen molar-refractivity contribution >= 4 is 35.1 Å². The number of rotatable bonds is 5. The number of amides is 1. The zero-order chi connectivity index (χ0) is 13.7. The van der Waals surface area contributed by atoms with Gasteiger partial charge in [-0.3, -0.25) is 4.79 Å². The first-order valence-electron chi connectivity index (χ1n) is 5.18. The predicted molar refractivity (Wildman–Crippen MR) is 65.9 cm³/mol. The highest BCUT2D eigenvalue weighted by Crippen LogP contribution is 2.15. The molecule has 1 atom stereocenters. The first-order chi connectivity index (χ1) is 8.45. The molecule has 0 aliphatic rings. The van der Waals surface area contributed by atoms with Crippen LogP contribution in [-0.2, 0) is 4.79 Å². The number of hydrogen-bond acceptors (Lipinski definition) is 4. The molecule has 1 aromatic heterocycles. The molecule has 2 N–H and O–H groups in total. The summed E-state index contributed by atoms with van der Waals surface area (Å²) in [6, 6.07) is 0.266. The summed E-state index contributed by atoms with van der Waals surface area (Å²) >= 11 is 11.3. The van der Waals surface area contributed by atoms with Crippen LogP contribution >= 0.6 is 23.2 Å². The summed E-state index contributed by atoms with van der Waals surface area (Å²) in [4.78, 5) is 22.7.